The number of ether oxygens (including phenoxy) is 1. The van der Waals surface area contributed by atoms with Crippen LogP contribution in [-0.2, 0) is 11.4 Å². The number of carbonyl (C=O) groups is 1. The molecule has 2 aliphatic heterocycles. The zero-order chi connectivity index (χ0) is 28.1. The Bertz CT molecular complexity index is 1710. The van der Waals surface area contributed by atoms with Gasteiger partial charge in [0.25, 0.3) is 0 Å². The summed E-state index contributed by atoms with van der Waals surface area (Å²) >= 11 is 0. The lowest BCUT2D eigenvalue weighted by atomic mass is 9.79. The quantitative estimate of drug-likeness (QED) is 0.317. The van der Waals surface area contributed by atoms with Crippen molar-refractivity contribution in [2.75, 3.05) is 31.1 Å². The Morgan fingerprint density at radius 2 is 2.07 bits per heavy atom. The first kappa shape index (κ1) is 25.2. The van der Waals surface area contributed by atoms with Crippen LogP contribution in [0.1, 0.15) is 42.1 Å². The zero-order valence-corrected chi connectivity index (χ0v) is 23.0. The molecular weight excluding hydrogens is 516 g/mol. The van der Waals surface area contributed by atoms with Crippen molar-refractivity contribution in [1.29, 1.82) is 5.26 Å². The normalized spacial score (nSPS) is 17.5. The molecule has 0 bridgehead atoms. The number of fused-ring (bicyclic) bond motifs is 1. The molecule has 1 aromatic carbocycles. The van der Waals surface area contributed by atoms with E-state index in [1.807, 2.05) is 36.2 Å². The highest BCUT2D eigenvalue weighted by atomic mass is 16.5. The van der Waals surface area contributed by atoms with E-state index >= 15 is 0 Å². The Kier molecular flexibility index (Phi) is 5.96. The van der Waals surface area contributed by atoms with E-state index in [-0.39, 0.29) is 23.9 Å². The maximum atomic E-state index is 12.1. The van der Waals surface area contributed by atoms with Crippen LogP contribution in [0, 0.1) is 23.7 Å². The van der Waals surface area contributed by atoms with Gasteiger partial charge < -0.3 is 14.5 Å². The van der Waals surface area contributed by atoms with Crippen molar-refractivity contribution >= 4 is 22.6 Å². The maximum Gasteiger partial charge on any atom is 0.319 e. The van der Waals surface area contributed by atoms with Gasteiger partial charge in [0.1, 0.15) is 18.2 Å². The van der Waals surface area contributed by atoms with E-state index in [0.717, 1.165) is 53.5 Å². The lowest BCUT2D eigenvalue weighted by Crippen LogP contribution is -2.59. The number of rotatable bonds is 7. The van der Waals surface area contributed by atoms with Crippen LogP contribution >= 0.6 is 0 Å². The fourth-order valence-electron chi connectivity index (χ4n) is 6.19. The van der Waals surface area contributed by atoms with Gasteiger partial charge in [0, 0.05) is 48.7 Å². The summed E-state index contributed by atoms with van der Waals surface area (Å²) in [6.07, 6.45) is 8.06. The van der Waals surface area contributed by atoms with E-state index in [4.69, 9.17) is 19.8 Å². The fraction of sp³-hybridized carbons (Fsp3) is 0.355. The second-order valence-corrected chi connectivity index (χ2v) is 11.4. The van der Waals surface area contributed by atoms with Gasteiger partial charge >= 0.3 is 6.01 Å². The highest BCUT2D eigenvalue weighted by Crippen LogP contribution is 2.45. The Morgan fingerprint density at radius 1 is 1.22 bits per heavy atom. The van der Waals surface area contributed by atoms with Crippen LogP contribution in [0.25, 0.3) is 22.2 Å². The third-order valence-corrected chi connectivity index (χ3v) is 8.43. The van der Waals surface area contributed by atoms with Gasteiger partial charge in [-0.1, -0.05) is 24.8 Å². The lowest BCUT2D eigenvalue weighted by molar-refractivity contribution is -0.136. The molecule has 5 heterocycles. The predicted molar refractivity (Wildman–Crippen MR) is 153 cm³/mol. The molecule has 7 rings (SSSR count). The topological polar surface area (TPSA) is 113 Å². The number of hydrogen-bond acceptors (Lipinski definition) is 8. The van der Waals surface area contributed by atoms with Gasteiger partial charge in [0.15, 0.2) is 5.82 Å². The highest BCUT2D eigenvalue weighted by Gasteiger charge is 2.49. The van der Waals surface area contributed by atoms with E-state index in [9.17, 15) is 10.1 Å². The number of likely N-dealkylation sites (tertiary alicyclic amines) is 1. The van der Waals surface area contributed by atoms with Gasteiger partial charge in [-0.3, -0.25) is 14.5 Å². The molecule has 1 saturated carbocycles. The van der Waals surface area contributed by atoms with Gasteiger partial charge in [0.05, 0.1) is 29.1 Å². The van der Waals surface area contributed by atoms with Crippen LogP contribution in [0.3, 0.4) is 0 Å². The molecule has 0 N–H and O–H groups in total. The Morgan fingerprint density at radius 3 is 2.80 bits per heavy atom. The van der Waals surface area contributed by atoms with Crippen molar-refractivity contribution in [2.24, 2.45) is 5.41 Å². The van der Waals surface area contributed by atoms with E-state index in [1.165, 1.54) is 6.08 Å². The molecular formula is C31H30N8O2. The SMILES string of the molecule is C=CC(=O)N1CC2(CCN(c3nc(OCc4ccccn4)nc(-c4c(C)ccc5cnn(C6CC6)c45)c3C#N)C2)C1. The summed E-state index contributed by atoms with van der Waals surface area (Å²) in [6, 6.07) is 12.8. The van der Waals surface area contributed by atoms with Crippen LogP contribution in [0.2, 0.25) is 0 Å². The summed E-state index contributed by atoms with van der Waals surface area (Å²) in [7, 11) is 0. The molecule has 0 unspecified atom stereocenters. The Balaban J connectivity index is 1.33. The minimum Gasteiger partial charge on any atom is -0.457 e. The molecule has 10 nitrogen and oxygen atoms in total. The molecule has 1 spiro atoms. The molecule has 1 amide bonds. The summed E-state index contributed by atoms with van der Waals surface area (Å²) in [5.74, 6) is 0.518. The number of hydrogen-bond donors (Lipinski definition) is 0. The first-order chi connectivity index (χ1) is 20.0. The van der Waals surface area contributed by atoms with E-state index < -0.39 is 0 Å². The number of aryl methyl sites for hydroxylation is 1. The van der Waals surface area contributed by atoms with Crippen LogP contribution in [0.15, 0.2) is 55.4 Å². The number of nitriles is 1. The van der Waals surface area contributed by atoms with Crippen molar-refractivity contribution in [3.05, 3.63) is 72.2 Å². The second-order valence-electron chi connectivity index (χ2n) is 11.4. The predicted octanol–water partition coefficient (Wildman–Crippen LogP) is 4.21. The lowest BCUT2D eigenvalue weighted by Gasteiger charge is -2.47. The van der Waals surface area contributed by atoms with Gasteiger partial charge in [0.2, 0.25) is 5.91 Å². The van der Waals surface area contributed by atoms with Crippen molar-refractivity contribution in [1.82, 2.24) is 29.6 Å². The molecule has 2 saturated heterocycles. The number of carbonyl (C=O) groups excluding carboxylic acids is 1. The largest absolute Gasteiger partial charge is 0.457 e. The second kappa shape index (κ2) is 9.70. The van der Waals surface area contributed by atoms with Crippen LogP contribution in [0.5, 0.6) is 6.01 Å². The molecule has 0 radical (unpaired) electrons. The molecule has 4 aromatic rings. The van der Waals surface area contributed by atoms with Crippen molar-refractivity contribution in [2.45, 2.75) is 38.8 Å². The van der Waals surface area contributed by atoms with Crippen LogP contribution < -0.4 is 9.64 Å². The summed E-state index contributed by atoms with van der Waals surface area (Å²) in [4.78, 5) is 30.1. The third kappa shape index (κ3) is 4.38. The molecule has 1 aliphatic carbocycles. The monoisotopic (exact) mass is 546 g/mol. The number of amides is 1. The standard InChI is InChI=1S/C31H30N8O2/c1-3-25(40)38-18-31(19-38)11-13-37(17-31)29-24(14-32)27(35-30(36-29)41-16-22-6-4-5-12-33-22)26-20(2)7-8-21-15-34-39(28(21)26)23-9-10-23/h3-8,12,15,23H,1,9-11,13,16-19H2,2H3. The molecule has 3 aromatic heterocycles. The molecule has 0 atom stereocenters. The number of aromatic nitrogens is 5. The smallest absolute Gasteiger partial charge is 0.319 e. The first-order valence-electron chi connectivity index (χ1n) is 14.0. The molecule has 3 aliphatic rings. The average Bonchev–Trinajstić information content (AvgIpc) is 3.57. The summed E-state index contributed by atoms with van der Waals surface area (Å²) in [5, 5.41) is 16.3. The first-order valence-corrected chi connectivity index (χ1v) is 14.0. The van der Waals surface area contributed by atoms with Crippen molar-refractivity contribution in [3.63, 3.8) is 0 Å². The Hall–Kier alpha value is -4.78. The van der Waals surface area contributed by atoms with E-state index in [2.05, 4.69) is 39.3 Å². The van der Waals surface area contributed by atoms with Gasteiger partial charge in [-0.05, 0) is 50.0 Å². The van der Waals surface area contributed by atoms with Crippen LogP contribution in [0.4, 0.5) is 5.82 Å². The summed E-state index contributed by atoms with van der Waals surface area (Å²) < 4.78 is 8.21. The van der Waals surface area contributed by atoms with Crippen molar-refractivity contribution < 1.29 is 9.53 Å². The maximum absolute atomic E-state index is 12.1. The Labute approximate surface area is 237 Å². The highest BCUT2D eigenvalue weighted by molar-refractivity contribution is 5.97. The van der Waals surface area contributed by atoms with Gasteiger partial charge in [-0.25, -0.2) is 0 Å². The minimum absolute atomic E-state index is 0.0218. The summed E-state index contributed by atoms with van der Waals surface area (Å²) in [5.41, 5.74) is 4.59. The van der Waals surface area contributed by atoms with Gasteiger partial charge in [-0.15, -0.1) is 0 Å². The molecule has 3 fully saturated rings. The van der Waals surface area contributed by atoms with Gasteiger partial charge in [-0.2, -0.15) is 20.3 Å². The number of benzene rings is 1. The fourth-order valence-corrected chi connectivity index (χ4v) is 6.19. The number of anilines is 1. The van der Waals surface area contributed by atoms with E-state index in [1.54, 1.807) is 6.20 Å². The summed E-state index contributed by atoms with van der Waals surface area (Å²) in [6.45, 7) is 8.64. The van der Waals surface area contributed by atoms with Crippen LogP contribution in [-0.4, -0.2) is 61.7 Å². The average molecular weight is 547 g/mol. The third-order valence-electron chi connectivity index (χ3n) is 8.43. The minimum atomic E-state index is -0.0443. The molecule has 10 heteroatoms. The zero-order valence-electron chi connectivity index (χ0n) is 23.0. The molecule has 41 heavy (non-hydrogen) atoms. The number of nitrogens with zero attached hydrogens (tertiary/aromatic N) is 8. The molecule has 206 valence electrons. The van der Waals surface area contributed by atoms with Crippen molar-refractivity contribution in [3.8, 4) is 23.3 Å². The van der Waals surface area contributed by atoms with E-state index in [0.29, 0.717) is 42.8 Å². The number of pyridine rings is 1.